The van der Waals surface area contributed by atoms with Crippen LogP contribution in [0.5, 0.6) is 0 Å². The Bertz CT molecular complexity index is 721. The fraction of sp³-hybridized carbons (Fsp3) is 0.294. The average molecular weight is 333 g/mol. The second-order valence-electron chi connectivity index (χ2n) is 5.62. The normalized spacial score (nSPS) is 15.6. The van der Waals surface area contributed by atoms with Crippen molar-refractivity contribution in [3.05, 3.63) is 57.5 Å². The number of aromatic carboxylic acids is 1. The molecule has 23 heavy (non-hydrogen) atoms. The van der Waals surface area contributed by atoms with Crippen LogP contribution in [0.3, 0.4) is 0 Å². The van der Waals surface area contributed by atoms with E-state index in [4.69, 9.17) is 5.11 Å². The van der Waals surface area contributed by atoms with Gasteiger partial charge in [0.1, 0.15) is 5.82 Å². The van der Waals surface area contributed by atoms with Gasteiger partial charge in [0.15, 0.2) is 0 Å². The van der Waals surface area contributed by atoms with Crippen molar-refractivity contribution in [3.63, 3.8) is 0 Å². The Balaban J connectivity index is 1.69. The van der Waals surface area contributed by atoms with Gasteiger partial charge in [-0.15, -0.1) is 0 Å². The Morgan fingerprint density at radius 3 is 2.52 bits per heavy atom. The zero-order valence-corrected chi connectivity index (χ0v) is 13.2. The zero-order valence-electron chi connectivity index (χ0n) is 12.4. The van der Waals surface area contributed by atoms with Crippen LogP contribution in [0.4, 0.5) is 4.39 Å². The summed E-state index contributed by atoms with van der Waals surface area (Å²) in [6.07, 6.45) is 1.72. The Morgan fingerprint density at radius 1 is 1.22 bits per heavy atom. The van der Waals surface area contributed by atoms with E-state index in [0.29, 0.717) is 19.0 Å². The van der Waals surface area contributed by atoms with E-state index in [0.717, 1.165) is 18.9 Å². The van der Waals surface area contributed by atoms with E-state index in [2.05, 4.69) is 11.4 Å². The third kappa shape index (κ3) is 3.27. The van der Waals surface area contributed by atoms with Gasteiger partial charge in [0.05, 0.1) is 11.1 Å². The predicted molar refractivity (Wildman–Crippen MR) is 85.6 cm³/mol. The minimum atomic E-state index is -1.21. The van der Waals surface area contributed by atoms with Gasteiger partial charge in [0.2, 0.25) is 0 Å². The number of hydrogen-bond donors (Lipinski definition) is 1. The van der Waals surface area contributed by atoms with Gasteiger partial charge in [-0.25, -0.2) is 9.18 Å². The monoisotopic (exact) mass is 333 g/mol. The smallest absolute Gasteiger partial charge is 0.335 e. The quantitative estimate of drug-likeness (QED) is 0.933. The largest absolute Gasteiger partial charge is 0.478 e. The minimum absolute atomic E-state index is 0.0658. The van der Waals surface area contributed by atoms with Crippen LogP contribution >= 0.6 is 11.3 Å². The molecule has 1 amide bonds. The van der Waals surface area contributed by atoms with Crippen LogP contribution in [0.25, 0.3) is 0 Å². The standard InChI is InChI=1S/C17H16FNO3S/c18-15-9-12(17(21)22)1-2-14(15)16(20)19-6-3-11(4-7-19)13-5-8-23-10-13/h1-2,5,8-11H,3-4,6-7H2,(H,21,22). The van der Waals surface area contributed by atoms with E-state index in [1.807, 2.05) is 5.38 Å². The minimum Gasteiger partial charge on any atom is -0.478 e. The van der Waals surface area contributed by atoms with Crippen LogP contribution in [0, 0.1) is 5.82 Å². The second kappa shape index (κ2) is 6.50. The van der Waals surface area contributed by atoms with Gasteiger partial charge >= 0.3 is 5.97 Å². The summed E-state index contributed by atoms with van der Waals surface area (Å²) in [7, 11) is 0. The molecule has 0 radical (unpaired) electrons. The molecule has 2 heterocycles. The maximum atomic E-state index is 14.0. The molecule has 1 saturated heterocycles. The van der Waals surface area contributed by atoms with Crippen molar-refractivity contribution in [2.75, 3.05) is 13.1 Å². The van der Waals surface area contributed by atoms with E-state index in [1.54, 1.807) is 16.2 Å². The van der Waals surface area contributed by atoms with E-state index >= 15 is 0 Å². The topological polar surface area (TPSA) is 57.6 Å². The summed E-state index contributed by atoms with van der Waals surface area (Å²) in [5.41, 5.74) is 1.08. The molecule has 6 heteroatoms. The lowest BCUT2D eigenvalue weighted by molar-refractivity contribution is 0.0686. The highest BCUT2D eigenvalue weighted by molar-refractivity contribution is 7.07. The predicted octanol–water partition coefficient (Wildman–Crippen LogP) is 3.61. The number of nitrogens with zero attached hydrogens (tertiary/aromatic N) is 1. The molecule has 0 bridgehead atoms. The summed E-state index contributed by atoms with van der Waals surface area (Å²) < 4.78 is 14.0. The third-order valence-corrected chi connectivity index (χ3v) is 4.94. The number of carbonyl (C=O) groups is 2. The fourth-order valence-electron chi connectivity index (χ4n) is 2.92. The molecule has 0 saturated carbocycles. The first-order valence-electron chi connectivity index (χ1n) is 7.40. The highest BCUT2D eigenvalue weighted by atomic mass is 32.1. The molecule has 1 aliphatic rings. The highest BCUT2D eigenvalue weighted by Gasteiger charge is 2.26. The van der Waals surface area contributed by atoms with Gasteiger partial charge in [0.25, 0.3) is 5.91 Å². The van der Waals surface area contributed by atoms with Crippen LogP contribution in [0.2, 0.25) is 0 Å². The van der Waals surface area contributed by atoms with Gasteiger partial charge < -0.3 is 10.0 Å². The van der Waals surface area contributed by atoms with Crippen molar-refractivity contribution in [1.29, 1.82) is 0 Å². The number of likely N-dealkylation sites (tertiary alicyclic amines) is 1. The third-order valence-electron chi connectivity index (χ3n) is 4.24. The van der Waals surface area contributed by atoms with Crippen LogP contribution in [-0.2, 0) is 0 Å². The van der Waals surface area contributed by atoms with E-state index in [9.17, 15) is 14.0 Å². The second-order valence-corrected chi connectivity index (χ2v) is 6.40. The Hall–Kier alpha value is -2.21. The number of hydrogen-bond acceptors (Lipinski definition) is 3. The fourth-order valence-corrected chi connectivity index (χ4v) is 3.66. The highest BCUT2D eigenvalue weighted by Crippen LogP contribution is 2.30. The van der Waals surface area contributed by atoms with E-state index in [-0.39, 0.29) is 17.0 Å². The summed E-state index contributed by atoms with van der Waals surface area (Å²) in [5, 5.41) is 13.0. The molecule has 4 nitrogen and oxygen atoms in total. The van der Waals surface area contributed by atoms with Crippen LogP contribution in [0.1, 0.15) is 45.0 Å². The van der Waals surface area contributed by atoms with Crippen molar-refractivity contribution >= 4 is 23.2 Å². The molecule has 1 aliphatic heterocycles. The van der Waals surface area contributed by atoms with Crippen LogP contribution < -0.4 is 0 Å². The van der Waals surface area contributed by atoms with Crippen molar-refractivity contribution in [2.24, 2.45) is 0 Å². The lowest BCUT2D eigenvalue weighted by atomic mass is 9.91. The number of halogens is 1. The molecule has 1 N–H and O–H groups in total. The maximum Gasteiger partial charge on any atom is 0.335 e. The average Bonchev–Trinajstić information content (AvgIpc) is 3.08. The van der Waals surface area contributed by atoms with Crippen molar-refractivity contribution in [2.45, 2.75) is 18.8 Å². The molecule has 1 fully saturated rings. The number of benzene rings is 1. The number of carbonyl (C=O) groups excluding carboxylic acids is 1. The number of carboxylic acid groups (broad SMARTS) is 1. The summed E-state index contributed by atoms with van der Waals surface area (Å²) in [4.78, 5) is 24.9. The molecule has 3 rings (SSSR count). The molecule has 1 aromatic carbocycles. The first kappa shape index (κ1) is 15.7. The number of rotatable bonds is 3. The molecular weight excluding hydrogens is 317 g/mol. The summed E-state index contributed by atoms with van der Waals surface area (Å²) in [6.45, 7) is 1.17. The Kier molecular flexibility index (Phi) is 4.43. The van der Waals surface area contributed by atoms with Crippen molar-refractivity contribution < 1.29 is 19.1 Å². The lowest BCUT2D eigenvalue weighted by Crippen LogP contribution is -2.38. The van der Waals surface area contributed by atoms with Crippen molar-refractivity contribution in [1.82, 2.24) is 4.90 Å². The first-order chi connectivity index (χ1) is 11.1. The summed E-state index contributed by atoms with van der Waals surface area (Å²) >= 11 is 1.66. The van der Waals surface area contributed by atoms with Gasteiger partial charge in [0, 0.05) is 13.1 Å². The van der Waals surface area contributed by atoms with Gasteiger partial charge in [-0.05, 0) is 59.3 Å². The van der Waals surface area contributed by atoms with Gasteiger partial charge in [-0.2, -0.15) is 11.3 Å². The molecule has 0 spiro atoms. The maximum absolute atomic E-state index is 14.0. The number of carboxylic acids is 1. The molecule has 120 valence electrons. The molecule has 0 atom stereocenters. The Morgan fingerprint density at radius 2 is 1.96 bits per heavy atom. The Labute approximate surface area is 137 Å². The molecule has 2 aromatic rings. The molecule has 0 aliphatic carbocycles. The molecule has 1 aromatic heterocycles. The van der Waals surface area contributed by atoms with Crippen molar-refractivity contribution in [3.8, 4) is 0 Å². The molecular formula is C17H16FNO3S. The lowest BCUT2D eigenvalue weighted by Gasteiger charge is -2.32. The van der Waals surface area contributed by atoms with Crippen LogP contribution in [-0.4, -0.2) is 35.0 Å². The summed E-state index contributed by atoms with van der Waals surface area (Å²) in [6, 6.07) is 5.52. The number of piperidine rings is 1. The van der Waals surface area contributed by atoms with E-state index < -0.39 is 11.8 Å². The SMILES string of the molecule is O=C(O)c1ccc(C(=O)N2CCC(c3ccsc3)CC2)c(F)c1. The summed E-state index contributed by atoms with van der Waals surface area (Å²) in [5.74, 6) is -1.91. The van der Waals surface area contributed by atoms with Crippen LogP contribution in [0.15, 0.2) is 35.0 Å². The number of amides is 1. The zero-order chi connectivity index (χ0) is 16.4. The van der Waals surface area contributed by atoms with Gasteiger partial charge in [-0.3, -0.25) is 4.79 Å². The molecule has 0 unspecified atom stereocenters. The van der Waals surface area contributed by atoms with E-state index in [1.165, 1.54) is 17.7 Å². The first-order valence-corrected chi connectivity index (χ1v) is 8.35. The number of thiophene rings is 1. The van der Waals surface area contributed by atoms with Gasteiger partial charge in [-0.1, -0.05) is 0 Å².